The van der Waals surface area contributed by atoms with Crippen LogP contribution >= 0.6 is 0 Å². The number of hydrogen-bond donors (Lipinski definition) is 0. The van der Waals surface area contributed by atoms with Crippen LogP contribution in [0.4, 0.5) is 8.78 Å². The summed E-state index contributed by atoms with van der Waals surface area (Å²) < 4.78 is 76.3. The minimum absolute atomic E-state index is 0.168. The number of rotatable bonds is 9. The summed E-state index contributed by atoms with van der Waals surface area (Å²) in [7, 11) is -5.92. The van der Waals surface area contributed by atoms with Crippen LogP contribution in [0.5, 0.6) is 5.75 Å². The molecule has 0 heterocycles. The lowest BCUT2D eigenvalue weighted by atomic mass is 9.48. The van der Waals surface area contributed by atoms with E-state index in [1.807, 2.05) is 12.1 Å². The summed E-state index contributed by atoms with van der Waals surface area (Å²) in [6.07, 6.45) is 4.72. The van der Waals surface area contributed by atoms with E-state index >= 15 is 0 Å². The Morgan fingerprint density at radius 2 is 1.85 bits per heavy atom. The number of ether oxygens (including phenoxy) is 3. The van der Waals surface area contributed by atoms with E-state index in [0.717, 1.165) is 24.8 Å². The van der Waals surface area contributed by atoms with E-state index in [9.17, 15) is 26.5 Å². The summed E-state index contributed by atoms with van der Waals surface area (Å²) in [5.74, 6) is 0.0674. The predicted molar refractivity (Wildman–Crippen MR) is 113 cm³/mol. The highest BCUT2D eigenvalue weighted by Gasteiger charge is 2.62. The molecule has 5 rings (SSSR count). The molecule has 0 amide bonds. The third kappa shape index (κ3) is 4.79. The average molecular weight is 486 g/mol. The van der Waals surface area contributed by atoms with Crippen LogP contribution in [0.1, 0.15) is 51.0 Å². The van der Waals surface area contributed by atoms with Gasteiger partial charge in [0.1, 0.15) is 5.75 Å². The molecule has 1 aromatic rings. The topological polar surface area (TPSA) is 102 Å². The normalized spacial score (nSPS) is 31.8. The summed E-state index contributed by atoms with van der Waals surface area (Å²) in [5.41, 5.74) is -0.734. The Hall–Kier alpha value is -2.04. The highest BCUT2D eigenvalue weighted by Crippen LogP contribution is 2.63. The Morgan fingerprint density at radius 3 is 2.39 bits per heavy atom. The molecule has 0 spiro atoms. The van der Waals surface area contributed by atoms with Gasteiger partial charge in [-0.1, -0.05) is 24.8 Å². The molecule has 0 aromatic heterocycles. The lowest BCUT2D eigenvalue weighted by Gasteiger charge is -2.60. The van der Waals surface area contributed by atoms with Crippen molar-refractivity contribution in [2.45, 2.75) is 62.6 Å². The van der Waals surface area contributed by atoms with Crippen LogP contribution in [0.25, 0.3) is 6.08 Å². The van der Waals surface area contributed by atoms with Crippen molar-refractivity contribution in [1.29, 1.82) is 0 Å². The highest BCUT2D eigenvalue weighted by molar-refractivity contribution is 7.86. The Morgan fingerprint density at radius 1 is 1.24 bits per heavy atom. The van der Waals surface area contributed by atoms with Gasteiger partial charge in [0.15, 0.2) is 23.0 Å². The molecule has 0 saturated heterocycles. The standard InChI is InChI=1S/C23H28F2O7S/c1-3-16-4-6-19(7-5-16)31-15(2)32-22-11-17-8-18(12-22)10-21(9-17,13-22)20(26)30-14-23(24,25)33(27,28)29/h3-7,15,17-18H,1,8-14H2,2H3,(H,27,28,29)/p-1. The van der Waals surface area contributed by atoms with Crippen LogP contribution in [0.3, 0.4) is 0 Å². The minimum atomic E-state index is -5.92. The van der Waals surface area contributed by atoms with Crippen molar-refractivity contribution in [3.8, 4) is 5.75 Å². The average Bonchev–Trinajstić information content (AvgIpc) is 2.70. The monoisotopic (exact) mass is 485 g/mol. The number of esters is 1. The van der Waals surface area contributed by atoms with Gasteiger partial charge in [-0.25, -0.2) is 8.42 Å². The van der Waals surface area contributed by atoms with Gasteiger partial charge in [0, 0.05) is 0 Å². The second kappa shape index (κ2) is 8.32. The van der Waals surface area contributed by atoms with E-state index in [1.54, 1.807) is 25.1 Å². The second-order valence-electron chi connectivity index (χ2n) is 9.67. The summed E-state index contributed by atoms with van der Waals surface area (Å²) in [4.78, 5) is 12.9. The Kier molecular flexibility index (Phi) is 6.07. The Bertz CT molecular complexity index is 1010. The van der Waals surface area contributed by atoms with Crippen molar-refractivity contribution in [3.05, 3.63) is 36.4 Å². The van der Waals surface area contributed by atoms with Gasteiger partial charge < -0.3 is 18.8 Å². The maximum Gasteiger partial charge on any atom is 0.367 e. The van der Waals surface area contributed by atoms with Gasteiger partial charge in [0.05, 0.1) is 11.0 Å². The number of carbonyl (C=O) groups is 1. The van der Waals surface area contributed by atoms with Crippen molar-refractivity contribution in [2.24, 2.45) is 17.3 Å². The van der Waals surface area contributed by atoms with E-state index in [2.05, 4.69) is 6.58 Å². The first-order chi connectivity index (χ1) is 15.4. The van der Waals surface area contributed by atoms with Gasteiger partial charge in [-0.3, -0.25) is 4.79 Å². The summed E-state index contributed by atoms with van der Waals surface area (Å²) in [6, 6.07) is 7.34. The largest absolute Gasteiger partial charge is 0.743 e. The van der Waals surface area contributed by atoms with Crippen LogP contribution in [0.2, 0.25) is 0 Å². The quantitative estimate of drug-likeness (QED) is 0.295. The van der Waals surface area contributed by atoms with Crippen molar-refractivity contribution in [1.82, 2.24) is 0 Å². The van der Waals surface area contributed by atoms with E-state index < -0.39 is 45.3 Å². The molecular weight excluding hydrogens is 458 g/mol. The molecule has 4 bridgehead atoms. The first-order valence-corrected chi connectivity index (χ1v) is 12.3. The van der Waals surface area contributed by atoms with Crippen LogP contribution in [0, 0.1) is 17.3 Å². The number of alkyl halides is 2. The second-order valence-corrected chi connectivity index (χ2v) is 11.2. The molecule has 0 N–H and O–H groups in total. The van der Waals surface area contributed by atoms with Crippen LogP contribution < -0.4 is 4.74 Å². The molecule has 4 saturated carbocycles. The molecule has 0 aliphatic heterocycles. The maximum atomic E-state index is 13.5. The molecule has 7 nitrogen and oxygen atoms in total. The summed E-state index contributed by atoms with van der Waals surface area (Å²) in [5, 5.41) is -4.66. The van der Waals surface area contributed by atoms with Gasteiger partial charge in [0.2, 0.25) is 0 Å². The smallest absolute Gasteiger partial charge is 0.367 e. The minimum Gasteiger partial charge on any atom is -0.743 e. The summed E-state index contributed by atoms with van der Waals surface area (Å²) in [6.45, 7) is 3.71. The Labute approximate surface area is 191 Å². The van der Waals surface area contributed by atoms with E-state index in [0.29, 0.717) is 18.6 Å². The van der Waals surface area contributed by atoms with Crippen molar-refractivity contribution < 1.29 is 40.8 Å². The Balaban J connectivity index is 1.45. The van der Waals surface area contributed by atoms with Crippen molar-refractivity contribution in [2.75, 3.05) is 6.61 Å². The van der Waals surface area contributed by atoms with E-state index in [1.165, 1.54) is 0 Å². The first-order valence-electron chi connectivity index (χ1n) is 10.9. The predicted octanol–water partition coefficient (Wildman–Crippen LogP) is 4.09. The van der Waals surface area contributed by atoms with Gasteiger partial charge >= 0.3 is 11.2 Å². The molecule has 33 heavy (non-hydrogen) atoms. The lowest BCUT2D eigenvalue weighted by Crippen LogP contribution is -2.60. The van der Waals surface area contributed by atoms with Crippen LogP contribution in [-0.4, -0.2) is 42.7 Å². The van der Waals surface area contributed by atoms with Gasteiger partial charge in [-0.05, 0) is 75.0 Å². The molecule has 3 atom stereocenters. The number of hydrogen-bond acceptors (Lipinski definition) is 7. The highest BCUT2D eigenvalue weighted by atomic mass is 32.2. The molecule has 10 heteroatoms. The molecule has 4 fully saturated rings. The molecule has 4 aliphatic carbocycles. The SMILES string of the molecule is C=Cc1ccc(OC(C)OC23CC4CC(C2)CC(C(=O)OCC(F)(F)S(=O)(=O)[O-])(C4)C3)cc1. The van der Waals surface area contributed by atoms with Gasteiger partial charge in [-0.15, -0.1) is 0 Å². The fourth-order valence-corrected chi connectivity index (χ4v) is 6.38. The zero-order valence-corrected chi connectivity index (χ0v) is 19.1. The van der Waals surface area contributed by atoms with Crippen LogP contribution in [-0.2, 0) is 24.4 Å². The molecule has 3 unspecified atom stereocenters. The summed E-state index contributed by atoms with van der Waals surface area (Å²) >= 11 is 0. The van der Waals surface area contributed by atoms with Crippen LogP contribution in [0.15, 0.2) is 30.8 Å². The van der Waals surface area contributed by atoms with Crippen molar-refractivity contribution in [3.63, 3.8) is 0 Å². The number of benzene rings is 1. The molecule has 1 aromatic carbocycles. The van der Waals surface area contributed by atoms with E-state index in [-0.39, 0.29) is 18.3 Å². The number of halogens is 2. The third-order valence-electron chi connectivity index (χ3n) is 7.01. The maximum absolute atomic E-state index is 13.5. The van der Waals surface area contributed by atoms with Crippen molar-refractivity contribution >= 4 is 22.2 Å². The molecular formula is C23H27F2O7S-. The van der Waals surface area contributed by atoms with Gasteiger partial charge in [-0.2, -0.15) is 8.78 Å². The fraction of sp³-hybridized carbons (Fsp3) is 0.609. The first kappa shape index (κ1) is 24.1. The fourth-order valence-electron chi connectivity index (χ4n) is 6.18. The van der Waals surface area contributed by atoms with E-state index in [4.69, 9.17) is 14.2 Å². The third-order valence-corrected chi connectivity index (χ3v) is 7.86. The zero-order valence-electron chi connectivity index (χ0n) is 18.3. The lowest BCUT2D eigenvalue weighted by molar-refractivity contribution is -0.248. The molecule has 182 valence electrons. The van der Waals surface area contributed by atoms with Gasteiger partial charge in [0.25, 0.3) is 0 Å². The molecule has 0 radical (unpaired) electrons. The zero-order chi connectivity index (χ0) is 24.1. The number of carbonyl (C=O) groups excluding carboxylic acids is 1. The molecule has 4 aliphatic rings.